The fourth-order valence-corrected chi connectivity index (χ4v) is 4.57. The molecule has 0 spiro atoms. The van der Waals surface area contributed by atoms with Crippen molar-refractivity contribution in [3.05, 3.63) is 11.1 Å². The Bertz CT molecular complexity index is 511. The van der Waals surface area contributed by atoms with Crippen LogP contribution in [0.3, 0.4) is 0 Å². The van der Waals surface area contributed by atoms with Crippen LogP contribution in [0, 0.1) is 5.41 Å². The topological polar surface area (TPSA) is 49.4 Å². The van der Waals surface area contributed by atoms with Crippen LogP contribution >= 0.6 is 0 Å². The van der Waals surface area contributed by atoms with Crippen molar-refractivity contribution in [1.29, 1.82) is 0 Å². The highest BCUT2D eigenvalue weighted by Crippen LogP contribution is 2.64. The summed E-state index contributed by atoms with van der Waals surface area (Å²) >= 11 is 0. The van der Waals surface area contributed by atoms with E-state index in [1.54, 1.807) is 0 Å². The molecule has 0 bridgehead atoms. The van der Waals surface area contributed by atoms with E-state index in [1.807, 2.05) is 20.8 Å². The number of rotatable bonds is 10. The zero-order chi connectivity index (χ0) is 18.7. The lowest BCUT2D eigenvalue weighted by Crippen LogP contribution is -2.48. The zero-order valence-electron chi connectivity index (χ0n) is 16.8. The van der Waals surface area contributed by atoms with E-state index in [0.717, 1.165) is 51.4 Å². The van der Waals surface area contributed by atoms with Gasteiger partial charge in [-0.2, -0.15) is 0 Å². The molecule has 0 aromatic heterocycles. The summed E-state index contributed by atoms with van der Waals surface area (Å²) in [4.78, 5) is 13.1. The third-order valence-electron chi connectivity index (χ3n) is 6.07. The van der Waals surface area contributed by atoms with E-state index in [9.17, 15) is 10.0 Å². The number of unbranched alkanes of at least 4 members (excludes halogenated alkanes) is 3. The monoisotopic (exact) mass is 350 g/mol. The Balaban J connectivity index is 2.30. The lowest BCUT2D eigenvalue weighted by atomic mass is 9.84. The first-order valence-electron chi connectivity index (χ1n) is 10.2. The highest BCUT2D eigenvalue weighted by Gasteiger charge is 2.67. The first-order valence-corrected chi connectivity index (χ1v) is 10.2. The van der Waals surface area contributed by atoms with Crippen molar-refractivity contribution in [3.63, 3.8) is 0 Å². The lowest BCUT2D eigenvalue weighted by molar-refractivity contribution is -0.233. The maximum atomic E-state index is 13.1. The number of esters is 1. The van der Waals surface area contributed by atoms with Crippen LogP contribution in [0.1, 0.15) is 92.4 Å². The van der Waals surface area contributed by atoms with Crippen LogP contribution in [0.5, 0.6) is 0 Å². The Morgan fingerprint density at radius 2 is 1.68 bits per heavy atom. The zero-order valence-corrected chi connectivity index (χ0v) is 16.8. The third-order valence-corrected chi connectivity index (χ3v) is 6.07. The van der Waals surface area contributed by atoms with Gasteiger partial charge in [0.15, 0.2) is 0 Å². The van der Waals surface area contributed by atoms with Gasteiger partial charge in [-0.25, -0.2) is 0 Å². The third kappa shape index (κ3) is 3.66. The Morgan fingerprint density at radius 1 is 1.08 bits per heavy atom. The summed E-state index contributed by atoms with van der Waals surface area (Å²) < 4.78 is 5.50. The molecule has 0 aromatic rings. The molecule has 1 heterocycles. The highest BCUT2D eigenvalue weighted by molar-refractivity contribution is 5.93. The van der Waals surface area contributed by atoms with Gasteiger partial charge in [0.05, 0.1) is 12.6 Å². The molecule has 1 saturated heterocycles. The molecule has 1 aliphatic carbocycles. The number of hydroxylamine groups is 2. The Morgan fingerprint density at radius 3 is 2.16 bits per heavy atom. The largest absolute Gasteiger partial charge is 0.465 e. The summed E-state index contributed by atoms with van der Waals surface area (Å²) in [6.45, 7) is 10.6. The predicted molar refractivity (Wildman–Crippen MR) is 99.4 cm³/mol. The van der Waals surface area contributed by atoms with Gasteiger partial charge in [-0.1, -0.05) is 33.1 Å². The Kier molecular flexibility index (Phi) is 6.72. The van der Waals surface area contributed by atoms with Crippen LogP contribution in [0.2, 0.25) is 0 Å². The van der Waals surface area contributed by atoms with Crippen molar-refractivity contribution in [2.45, 2.75) is 104 Å². The summed E-state index contributed by atoms with van der Waals surface area (Å²) in [6, 6.07) is -0.273. The van der Waals surface area contributed by atoms with Crippen molar-refractivity contribution < 1.29 is 14.7 Å². The quantitative estimate of drug-likeness (QED) is 0.309. The minimum atomic E-state index is -0.714. The molecule has 4 nitrogen and oxygen atoms in total. The smallest absolute Gasteiger partial charge is 0.322 e. The molecule has 1 radical (unpaired) electrons. The molecule has 2 unspecified atom stereocenters. The molecule has 1 aliphatic heterocycles. The van der Waals surface area contributed by atoms with Gasteiger partial charge in [0.2, 0.25) is 0 Å². The van der Waals surface area contributed by atoms with Gasteiger partial charge in [-0.15, -0.1) is 10.3 Å². The molecule has 0 saturated carbocycles. The fourth-order valence-electron chi connectivity index (χ4n) is 4.57. The maximum Gasteiger partial charge on any atom is 0.322 e. The molecule has 2 rings (SSSR count). The van der Waals surface area contributed by atoms with Gasteiger partial charge in [0.25, 0.3) is 0 Å². The van der Waals surface area contributed by atoms with E-state index in [0.29, 0.717) is 6.61 Å². The van der Waals surface area contributed by atoms with Gasteiger partial charge in [0.1, 0.15) is 5.41 Å². The van der Waals surface area contributed by atoms with E-state index >= 15 is 0 Å². The molecule has 25 heavy (non-hydrogen) atoms. The minimum absolute atomic E-state index is 0.170. The van der Waals surface area contributed by atoms with Crippen LogP contribution in [0.15, 0.2) is 11.1 Å². The molecule has 0 aromatic carbocycles. The first kappa shape index (κ1) is 20.4. The number of ether oxygens (including phenoxy) is 1. The minimum Gasteiger partial charge on any atom is -0.465 e. The molecule has 2 aliphatic rings. The molecule has 1 fully saturated rings. The molecule has 0 N–H and O–H groups in total. The number of hydrogen-bond donors (Lipinski definition) is 0. The second-order valence-corrected chi connectivity index (χ2v) is 8.24. The van der Waals surface area contributed by atoms with Gasteiger partial charge in [-0.05, 0) is 70.4 Å². The second kappa shape index (κ2) is 8.22. The number of nitrogens with zero attached hydrogens (tertiary/aromatic N) is 1. The van der Waals surface area contributed by atoms with E-state index in [1.165, 1.54) is 22.6 Å². The van der Waals surface area contributed by atoms with E-state index in [4.69, 9.17) is 4.74 Å². The summed E-state index contributed by atoms with van der Waals surface area (Å²) in [5.74, 6) is -0.170. The van der Waals surface area contributed by atoms with E-state index < -0.39 is 11.0 Å². The van der Waals surface area contributed by atoms with Crippen LogP contribution in [0.4, 0.5) is 0 Å². The highest BCUT2D eigenvalue weighted by atomic mass is 16.5. The van der Waals surface area contributed by atoms with Crippen molar-refractivity contribution in [3.8, 4) is 0 Å². The average molecular weight is 351 g/mol. The molecule has 143 valence electrons. The van der Waals surface area contributed by atoms with Crippen molar-refractivity contribution >= 4 is 5.97 Å². The standard InChI is InChI=1S/C21H36NO3/c1-6-9-11-13-17-16(12-10-7-2)21(17,19(23)25-8-3)18-14-15-20(4,5)22(18)24/h18H,6-15H2,1-5H3. The van der Waals surface area contributed by atoms with Gasteiger partial charge in [-0.3, -0.25) is 4.79 Å². The predicted octanol–water partition coefficient (Wildman–Crippen LogP) is 5.21. The van der Waals surface area contributed by atoms with Crippen molar-refractivity contribution in [1.82, 2.24) is 5.06 Å². The summed E-state index contributed by atoms with van der Waals surface area (Å²) in [7, 11) is 0. The number of carbonyl (C=O) groups excluding carboxylic acids is 1. The maximum absolute atomic E-state index is 13.1. The van der Waals surface area contributed by atoms with E-state index in [-0.39, 0.29) is 12.0 Å². The fraction of sp³-hybridized carbons (Fsp3) is 0.857. The normalized spacial score (nSPS) is 28.5. The van der Waals surface area contributed by atoms with Gasteiger partial charge < -0.3 is 4.74 Å². The number of hydrogen-bond acceptors (Lipinski definition) is 3. The van der Waals surface area contributed by atoms with E-state index in [2.05, 4.69) is 13.8 Å². The first-order chi connectivity index (χ1) is 11.9. The Hall–Kier alpha value is -0.870. The van der Waals surface area contributed by atoms with Gasteiger partial charge >= 0.3 is 5.97 Å². The van der Waals surface area contributed by atoms with Crippen LogP contribution in [0.25, 0.3) is 0 Å². The number of carbonyl (C=O) groups is 1. The summed E-state index contributed by atoms with van der Waals surface area (Å²) in [5, 5.41) is 14.2. The molecular weight excluding hydrogens is 314 g/mol. The average Bonchev–Trinajstić information content (AvgIpc) is 3.12. The van der Waals surface area contributed by atoms with Crippen LogP contribution < -0.4 is 0 Å². The molecule has 0 amide bonds. The van der Waals surface area contributed by atoms with Gasteiger partial charge in [0, 0.05) is 5.54 Å². The second-order valence-electron chi connectivity index (χ2n) is 8.24. The van der Waals surface area contributed by atoms with Crippen LogP contribution in [-0.4, -0.2) is 29.2 Å². The summed E-state index contributed by atoms with van der Waals surface area (Å²) in [5.41, 5.74) is 1.36. The summed E-state index contributed by atoms with van der Waals surface area (Å²) in [6.07, 6.45) is 9.09. The van der Waals surface area contributed by atoms with Crippen molar-refractivity contribution in [2.24, 2.45) is 5.41 Å². The Labute approximate surface area is 153 Å². The molecular formula is C21H36NO3. The lowest BCUT2D eigenvalue weighted by Gasteiger charge is -2.33. The molecule has 2 atom stereocenters. The van der Waals surface area contributed by atoms with Crippen LogP contribution in [-0.2, 0) is 14.7 Å². The van der Waals surface area contributed by atoms with Crippen molar-refractivity contribution in [2.75, 3.05) is 6.61 Å². The molecule has 4 heteroatoms. The SMILES string of the molecule is CCCCCC1=C(CCCC)C1(C(=O)OCC)C1CCC(C)(C)N1[O].